The number of hydrogen-bond donors (Lipinski definition) is 1. The van der Waals surface area contributed by atoms with E-state index in [9.17, 15) is 19.2 Å². The van der Waals surface area contributed by atoms with Gasteiger partial charge in [-0.25, -0.2) is 0 Å². The van der Waals surface area contributed by atoms with Gasteiger partial charge in [0, 0.05) is 24.1 Å². The van der Waals surface area contributed by atoms with Gasteiger partial charge >= 0.3 is 5.97 Å². The number of carbonyl (C=O) groups excluding carboxylic acids is 4. The topological polar surface area (TPSA) is 139 Å². The summed E-state index contributed by atoms with van der Waals surface area (Å²) in [6.07, 6.45) is 0.745. The van der Waals surface area contributed by atoms with E-state index >= 15 is 0 Å². The van der Waals surface area contributed by atoms with Crippen LogP contribution in [0.1, 0.15) is 61.5 Å². The summed E-state index contributed by atoms with van der Waals surface area (Å²) in [7, 11) is 0. The number of carbonyl (C=O) groups is 4. The number of fused-ring (bicyclic) bond motifs is 1. The lowest BCUT2D eigenvalue weighted by atomic mass is 10.0. The average molecular weight is 603 g/mol. The van der Waals surface area contributed by atoms with E-state index in [4.69, 9.17) is 28.4 Å². The molecule has 1 atom stereocenters. The molecule has 2 aliphatic rings. The van der Waals surface area contributed by atoms with Crippen molar-refractivity contribution < 1.29 is 47.6 Å². The second kappa shape index (κ2) is 17.7. The number of nitrogens with zero attached hydrogens (tertiary/aromatic N) is 1. The van der Waals surface area contributed by atoms with E-state index in [1.807, 2.05) is 26.8 Å². The molecule has 1 aromatic carbocycles. The van der Waals surface area contributed by atoms with Gasteiger partial charge in [0.05, 0.1) is 65.9 Å². The van der Waals surface area contributed by atoms with Crippen LogP contribution < -0.4 is 5.32 Å². The molecule has 1 unspecified atom stereocenters. The van der Waals surface area contributed by atoms with Crippen molar-refractivity contribution in [1.82, 2.24) is 10.2 Å². The summed E-state index contributed by atoms with van der Waals surface area (Å²) in [5.41, 5.74) is 1.54. The molecule has 236 valence electrons. The molecule has 1 aromatic rings. The Morgan fingerprint density at radius 1 is 0.907 bits per heavy atom. The van der Waals surface area contributed by atoms with E-state index in [1.54, 1.807) is 12.1 Å². The predicted octanol–water partition coefficient (Wildman–Crippen LogP) is 1.61. The molecule has 2 aliphatic heterocycles. The maximum Gasteiger partial charge on any atom is 0.308 e. The quantitative estimate of drug-likeness (QED) is 0.121. The first-order valence-electron chi connectivity index (χ1n) is 14.5. The van der Waals surface area contributed by atoms with Gasteiger partial charge in [-0.05, 0) is 44.9 Å². The van der Waals surface area contributed by atoms with Crippen LogP contribution in [0.25, 0.3) is 0 Å². The van der Waals surface area contributed by atoms with E-state index in [-0.39, 0.29) is 43.8 Å². The minimum atomic E-state index is -0.657. The molecule has 0 aromatic heterocycles. The van der Waals surface area contributed by atoms with Crippen molar-refractivity contribution >= 4 is 23.7 Å². The summed E-state index contributed by atoms with van der Waals surface area (Å²) in [5, 5.41) is 2.31. The Balaban J connectivity index is 1.17. The molecule has 12 nitrogen and oxygen atoms in total. The highest BCUT2D eigenvalue weighted by Crippen LogP contribution is 2.29. The van der Waals surface area contributed by atoms with Crippen molar-refractivity contribution in [2.45, 2.75) is 58.2 Å². The molecule has 0 saturated carbocycles. The van der Waals surface area contributed by atoms with E-state index in [1.165, 1.54) is 4.90 Å². The lowest BCUT2D eigenvalue weighted by Crippen LogP contribution is -2.52. The monoisotopic (exact) mass is 602 g/mol. The average Bonchev–Trinajstić information content (AvgIpc) is 3.28. The van der Waals surface area contributed by atoms with Gasteiger partial charge in [-0.3, -0.25) is 24.5 Å². The molecule has 0 aliphatic carbocycles. The Morgan fingerprint density at radius 3 is 2.12 bits per heavy atom. The standard InChI is InChI=1S/C31H42N2O10/c1-31(2,3)43-28(35)11-13-39-15-17-41-19-21-42-20-18-40-16-14-38-12-5-7-23-6-4-8-24-25(23)22-33(30(24)37)26-9-10-27(34)32-29(26)36/h4,6,8,26H,9-22H2,1-3H3,(H,32,34,36). The van der Waals surface area contributed by atoms with Crippen molar-refractivity contribution in [3.8, 4) is 11.8 Å². The van der Waals surface area contributed by atoms with Crippen LogP contribution in [-0.4, -0.2) is 106 Å². The third-order valence-electron chi connectivity index (χ3n) is 6.34. The molecule has 3 rings (SSSR count). The highest BCUT2D eigenvalue weighted by molar-refractivity contribution is 6.05. The van der Waals surface area contributed by atoms with E-state index in [2.05, 4.69) is 17.2 Å². The van der Waals surface area contributed by atoms with Gasteiger partial charge in [0.15, 0.2) is 0 Å². The normalized spacial score (nSPS) is 16.5. The molecular weight excluding hydrogens is 560 g/mol. The third kappa shape index (κ3) is 12.1. The number of ether oxygens (including phenoxy) is 6. The summed E-state index contributed by atoms with van der Waals surface area (Å²) in [5.74, 6) is 4.77. The molecule has 1 saturated heterocycles. The molecule has 0 radical (unpaired) electrons. The second-order valence-electron chi connectivity index (χ2n) is 10.9. The van der Waals surface area contributed by atoms with Crippen molar-refractivity contribution in [2.24, 2.45) is 0 Å². The van der Waals surface area contributed by atoms with Crippen LogP contribution in [0.2, 0.25) is 0 Å². The summed E-state index contributed by atoms with van der Waals surface area (Å²) < 4.78 is 32.4. The Labute approximate surface area is 252 Å². The van der Waals surface area contributed by atoms with Gasteiger partial charge in [0.1, 0.15) is 18.2 Å². The molecule has 12 heteroatoms. The van der Waals surface area contributed by atoms with Crippen LogP contribution in [0.3, 0.4) is 0 Å². The fourth-order valence-corrected chi connectivity index (χ4v) is 4.38. The van der Waals surface area contributed by atoms with E-state index in [0.29, 0.717) is 77.0 Å². The molecule has 43 heavy (non-hydrogen) atoms. The van der Waals surface area contributed by atoms with Crippen molar-refractivity contribution in [2.75, 3.05) is 66.1 Å². The summed E-state index contributed by atoms with van der Waals surface area (Å²) >= 11 is 0. The number of imide groups is 1. The van der Waals surface area contributed by atoms with Gasteiger partial charge in [0.2, 0.25) is 11.8 Å². The third-order valence-corrected chi connectivity index (χ3v) is 6.34. The number of esters is 1. The maximum atomic E-state index is 12.9. The van der Waals surface area contributed by atoms with E-state index < -0.39 is 17.6 Å². The first-order chi connectivity index (χ1) is 20.7. The summed E-state index contributed by atoms with van der Waals surface area (Å²) in [6.45, 7) is 9.59. The largest absolute Gasteiger partial charge is 0.460 e. The van der Waals surface area contributed by atoms with E-state index in [0.717, 1.165) is 5.56 Å². The number of benzene rings is 1. The Bertz CT molecular complexity index is 1170. The number of hydrogen-bond acceptors (Lipinski definition) is 10. The molecule has 1 fully saturated rings. The number of nitrogens with one attached hydrogen (secondary N) is 1. The highest BCUT2D eigenvalue weighted by atomic mass is 16.6. The minimum Gasteiger partial charge on any atom is -0.460 e. The van der Waals surface area contributed by atoms with Crippen LogP contribution in [-0.2, 0) is 49.3 Å². The van der Waals surface area contributed by atoms with Gasteiger partial charge < -0.3 is 33.3 Å². The van der Waals surface area contributed by atoms with Gasteiger partial charge in [-0.15, -0.1) is 0 Å². The Kier molecular flexibility index (Phi) is 14.1. The van der Waals surface area contributed by atoms with Gasteiger partial charge in [-0.2, -0.15) is 0 Å². The van der Waals surface area contributed by atoms with Crippen LogP contribution in [0.4, 0.5) is 0 Å². The second-order valence-corrected chi connectivity index (χ2v) is 10.9. The zero-order valence-electron chi connectivity index (χ0n) is 25.2. The molecule has 0 spiro atoms. The Hall–Kier alpha value is -3.34. The smallest absolute Gasteiger partial charge is 0.308 e. The van der Waals surface area contributed by atoms with Crippen LogP contribution in [0, 0.1) is 11.8 Å². The first-order valence-corrected chi connectivity index (χ1v) is 14.5. The van der Waals surface area contributed by atoms with Crippen LogP contribution in [0.15, 0.2) is 18.2 Å². The van der Waals surface area contributed by atoms with Crippen molar-refractivity contribution in [3.63, 3.8) is 0 Å². The summed E-state index contributed by atoms with van der Waals surface area (Å²) in [4.78, 5) is 49.7. The number of rotatable bonds is 17. The van der Waals surface area contributed by atoms with Gasteiger partial charge in [-0.1, -0.05) is 17.9 Å². The SMILES string of the molecule is CC(C)(C)OC(=O)CCOCCOCCOCCOCCOCC#Cc1cccc2c1CN(C1CCC(=O)NC1=O)C2=O. The lowest BCUT2D eigenvalue weighted by Gasteiger charge is -2.29. The Morgan fingerprint density at radius 2 is 1.51 bits per heavy atom. The molecule has 2 heterocycles. The van der Waals surface area contributed by atoms with Crippen LogP contribution >= 0.6 is 0 Å². The minimum absolute atomic E-state index is 0.205. The zero-order valence-corrected chi connectivity index (χ0v) is 25.2. The van der Waals surface area contributed by atoms with Crippen molar-refractivity contribution in [1.29, 1.82) is 0 Å². The molecule has 3 amide bonds. The molecule has 0 bridgehead atoms. The predicted molar refractivity (Wildman–Crippen MR) is 154 cm³/mol. The van der Waals surface area contributed by atoms with Crippen molar-refractivity contribution in [3.05, 3.63) is 34.9 Å². The van der Waals surface area contributed by atoms with Gasteiger partial charge in [0.25, 0.3) is 5.91 Å². The zero-order chi connectivity index (χ0) is 31.1. The fraction of sp³-hybridized carbons (Fsp3) is 0.613. The number of amides is 3. The maximum absolute atomic E-state index is 12.9. The number of piperidine rings is 1. The summed E-state index contributed by atoms with van der Waals surface area (Å²) in [6, 6.07) is 4.68. The van der Waals surface area contributed by atoms with Crippen LogP contribution in [0.5, 0.6) is 0 Å². The molecular formula is C31H42N2O10. The first kappa shape index (κ1) is 34.2. The lowest BCUT2D eigenvalue weighted by molar-refractivity contribution is -0.156. The fourth-order valence-electron chi connectivity index (χ4n) is 4.38. The molecule has 1 N–H and O–H groups in total. The highest BCUT2D eigenvalue weighted by Gasteiger charge is 2.39.